The molecule has 0 bridgehead atoms. The summed E-state index contributed by atoms with van der Waals surface area (Å²) in [5.41, 5.74) is 0. The monoisotopic (exact) mass is 222 g/mol. The lowest BCUT2D eigenvalue weighted by atomic mass is 9.97. The molecule has 0 aliphatic heterocycles. The lowest BCUT2D eigenvalue weighted by molar-refractivity contribution is -0.119. The Labute approximate surface area is 100 Å². The summed E-state index contributed by atoms with van der Waals surface area (Å²) in [6.07, 6.45) is 16.2. The first-order valence-electron chi connectivity index (χ1n) is 6.95. The first kappa shape index (κ1) is 13.5. The molecule has 1 aliphatic carbocycles. The highest BCUT2D eigenvalue weighted by Crippen LogP contribution is 2.15. The highest BCUT2D eigenvalue weighted by molar-refractivity contribution is 5.78. The standard InChI is InChI=1S/C15H26O/c1-14-11-9-7-5-3-2-4-6-8-10-12-15(16)13-14/h7,9,14H,2-6,8,10-13H2,1H3/b9-7-. The highest BCUT2D eigenvalue weighted by atomic mass is 16.1. The van der Waals surface area contributed by atoms with Crippen molar-refractivity contribution in [3.05, 3.63) is 12.2 Å². The minimum Gasteiger partial charge on any atom is -0.300 e. The van der Waals surface area contributed by atoms with E-state index in [0.717, 1.165) is 25.7 Å². The minimum atomic E-state index is 0.470. The molecule has 92 valence electrons. The van der Waals surface area contributed by atoms with Crippen molar-refractivity contribution < 1.29 is 4.79 Å². The minimum absolute atomic E-state index is 0.470. The molecule has 0 N–H and O–H groups in total. The fourth-order valence-corrected chi connectivity index (χ4v) is 2.31. The third kappa shape index (κ3) is 6.81. The van der Waals surface area contributed by atoms with Crippen LogP contribution in [-0.4, -0.2) is 5.78 Å². The van der Waals surface area contributed by atoms with E-state index in [4.69, 9.17) is 0 Å². The lowest BCUT2D eigenvalue weighted by Gasteiger charge is -2.08. The van der Waals surface area contributed by atoms with Gasteiger partial charge < -0.3 is 0 Å². The van der Waals surface area contributed by atoms with Crippen LogP contribution in [0.25, 0.3) is 0 Å². The van der Waals surface area contributed by atoms with Gasteiger partial charge in [-0.05, 0) is 31.6 Å². The summed E-state index contributed by atoms with van der Waals surface area (Å²) in [5.74, 6) is 1.00. The van der Waals surface area contributed by atoms with Crippen LogP contribution in [0.5, 0.6) is 0 Å². The van der Waals surface area contributed by atoms with Crippen molar-refractivity contribution in [3.8, 4) is 0 Å². The van der Waals surface area contributed by atoms with E-state index in [0.29, 0.717) is 11.7 Å². The molecule has 0 fully saturated rings. The van der Waals surface area contributed by atoms with Gasteiger partial charge in [-0.25, -0.2) is 0 Å². The van der Waals surface area contributed by atoms with E-state index in [2.05, 4.69) is 19.1 Å². The molecular weight excluding hydrogens is 196 g/mol. The van der Waals surface area contributed by atoms with Crippen LogP contribution in [0.4, 0.5) is 0 Å². The summed E-state index contributed by atoms with van der Waals surface area (Å²) in [5, 5.41) is 0. The summed E-state index contributed by atoms with van der Waals surface area (Å²) in [6.45, 7) is 2.19. The van der Waals surface area contributed by atoms with E-state index < -0.39 is 0 Å². The van der Waals surface area contributed by atoms with Gasteiger partial charge in [0.1, 0.15) is 5.78 Å². The summed E-state index contributed by atoms with van der Waals surface area (Å²) in [4.78, 5) is 11.6. The van der Waals surface area contributed by atoms with E-state index in [1.165, 1.54) is 38.5 Å². The number of rotatable bonds is 0. The molecule has 1 nitrogen and oxygen atoms in total. The molecule has 16 heavy (non-hydrogen) atoms. The van der Waals surface area contributed by atoms with Crippen LogP contribution in [0.2, 0.25) is 0 Å². The quantitative estimate of drug-likeness (QED) is 0.545. The Balaban J connectivity index is 2.33. The van der Waals surface area contributed by atoms with E-state index in [9.17, 15) is 4.79 Å². The zero-order valence-corrected chi connectivity index (χ0v) is 10.7. The van der Waals surface area contributed by atoms with Gasteiger partial charge in [-0.2, -0.15) is 0 Å². The first-order valence-corrected chi connectivity index (χ1v) is 6.95. The molecule has 0 aromatic heterocycles. The maximum absolute atomic E-state index is 11.6. The van der Waals surface area contributed by atoms with Gasteiger partial charge in [0.15, 0.2) is 0 Å². The van der Waals surface area contributed by atoms with E-state index in [1.807, 2.05) is 0 Å². The van der Waals surface area contributed by atoms with Gasteiger partial charge in [0.25, 0.3) is 0 Å². The molecule has 0 aromatic carbocycles. The van der Waals surface area contributed by atoms with Crippen molar-refractivity contribution >= 4 is 5.78 Å². The van der Waals surface area contributed by atoms with Crippen molar-refractivity contribution in [3.63, 3.8) is 0 Å². The smallest absolute Gasteiger partial charge is 0.133 e. The topological polar surface area (TPSA) is 17.1 Å². The number of allylic oxidation sites excluding steroid dienone is 2. The van der Waals surface area contributed by atoms with Crippen LogP contribution in [0, 0.1) is 5.92 Å². The number of hydrogen-bond donors (Lipinski definition) is 0. The maximum Gasteiger partial charge on any atom is 0.133 e. The zero-order chi connectivity index (χ0) is 11.6. The normalized spacial score (nSPS) is 28.3. The van der Waals surface area contributed by atoms with Crippen LogP contribution >= 0.6 is 0 Å². The molecule has 1 atom stereocenters. The van der Waals surface area contributed by atoms with Gasteiger partial charge in [-0.1, -0.05) is 44.8 Å². The van der Waals surface area contributed by atoms with Crippen LogP contribution in [0.1, 0.15) is 71.1 Å². The molecule has 1 rings (SSSR count). The predicted octanol–water partition coefficient (Wildman–Crippen LogP) is 4.66. The van der Waals surface area contributed by atoms with Gasteiger partial charge in [0.05, 0.1) is 0 Å². The third-order valence-electron chi connectivity index (χ3n) is 3.36. The van der Waals surface area contributed by atoms with E-state index >= 15 is 0 Å². The summed E-state index contributed by atoms with van der Waals surface area (Å²) >= 11 is 0. The Bertz CT molecular complexity index is 217. The average molecular weight is 222 g/mol. The fourth-order valence-electron chi connectivity index (χ4n) is 2.31. The number of ketones is 1. The van der Waals surface area contributed by atoms with Crippen molar-refractivity contribution in [2.24, 2.45) is 5.92 Å². The molecule has 0 amide bonds. The molecule has 0 heterocycles. The van der Waals surface area contributed by atoms with E-state index in [-0.39, 0.29) is 0 Å². The van der Waals surface area contributed by atoms with E-state index in [1.54, 1.807) is 0 Å². The number of carbonyl (C=O) groups is 1. The Kier molecular flexibility index (Phi) is 7.20. The zero-order valence-electron chi connectivity index (χ0n) is 10.7. The number of carbonyl (C=O) groups excluding carboxylic acids is 1. The van der Waals surface area contributed by atoms with Gasteiger partial charge in [-0.15, -0.1) is 0 Å². The first-order chi connectivity index (χ1) is 7.79. The van der Waals surface area contributed by atoms with Crippen LogP contribution in [-0.2, 0) is 4.79 Å². The molecule has 0 saturated heterocycles. The maximum atomic E-state index is 11.6. The van der Waals surface area contributed by atoms with Gasteiger partial charge in [-0.3, -0.25) is 4.79 Å². The van der Waals surface area contributed by atoms with Crippen LogP contribution < -0.4 is 0 Å². The van der Waals surface area contributed by atoms with Crippen molar-refractivity contribution in [2.45, 2.75) is 71.1 Å². The Morgan fingerprint density at radius 3 is 2.50 bits per heavy atom. The molecule has 1 aliphatic rings. The summed E-state index contributed by atoms with van der Waals surface area (Å²) < 4.78 is 0. The molecule has 1 unspecified atom stereocenters. The Hall–Kier alpha value is -0.590. The molecular formula is C15H26O. The van der Waals surface area contributed by atoms with Gasteiger partial charge >= 0.3 is 0 Å². The highest BCUT2D eigenvalue weighted by Gasteiger charge is 2.07. The molecule has 1 heteroatoms. The van der Waals surface area contributed by atoms with Gasteiger partial charge in [0.2, 0.25) is 0 Å². The molecule has 0 saturated carbocycles. The summed E-state index contributed by atoms with van der Waals surface area (Å²) in [6, 6.07) is 0. The predicted molar refractivity (Wildman–Crippen MR) is 69.5 cm³/mol. The van der Waals surface area contributed by atoms with Crippen molar-refractivity contribution in [2.75, 3.05) is 0 Å². The molecule has 0 spiro atoms. The third-order valence-corrected chi connectivity index (χ3v) is 3.36. The lowest BCUT2D eigenvalue weighted by Crippen LogP contribution is -2.04. The second-order valence-corrected chi connectivity index (χ2v) is 5.22. The van der Waals surface area contributed by atoms with Crippen molar-refractivity contribution in [1.82, 2.24) is 0 Å². The number of hydrogen-bond acceptors (Lipinski definition) is 1. The fraction of sp³-hybridized carbons (Fsp3) is 0.800. The Morgan fingerprint density at radius 1 is 1.00 bits per heavy atom. The molecule has 0 aromatic rings. The van der Waals surface area contributed by atoms with Crippen LogP contribution in [0.3, 0.4) is 0 Å². The largest absolute Gasteiger partial charge is 0.300 e. The summed E-state index contributed by atoms with van der Waals surface area (Å²) in [7, 11) is 0. The Morgan fingerprint density at radius 2 is 1.69 bits per heavy atom. The van der Waals surface area contributed by atoms with Crippen LogP contribution in [0.15, 0.2) is 12.2 Å². The average Bonchev–Trinajstić information content (AvgIpc) is 2.25. The SMILES string of the molecule is CC1C/C=C\CCCCCCCCC(=O)C1. The second kappa shape index (κ2) is 8.55. The molecule has 0 radical (unpaired) electrons. The van der Waals surface area contributed by atoms with Crippen molar-refractivity contribution in [1.29, 1.82) is 0 Å². The van der Waals surface area contributed by atoms with Gasteiger partial charge in [0, 0.05) is 12.8 Å². The second-order valence-electron chi connectivity index (χ2n) is 5.22. The number of Topliss-reactive ketones (excluding diaryl/α,β-unsaturated/α-hetero) is 1.